The minimum absolute atomic E-state index is 0.103. The van der Waals surface area contributed by atoms with Crippen LogP contribution in [0.1, 0.15) is 22.2 Å². The quantitative estimate of drug-likeness (QED) is 0.777. The molecular formula is C19H26N4O4. The Balaban J connectivity index is 2.08. The van der Waals surface area contributed by atoms with Crippen LogP contribution in [0.2, 0.25) is 0 Å². The molecule has 0 aliphatic carbocycles. The Labute approximate surface area is 159 Å². The molecule has 27 heavy (non-hydrogen) atoms. The molecule has 1 atom stereocenters. The van der Waals surface area contributed by atoms with Gasteiger partial charge in [0.15, 0.2) is 0 Å². The predicted octanol–water partition coefficient (Wildman–Crippen LogP) is 2.41. The summed E-state index contributed by atoms with van der Waals surface area (Å²) in [4.78, 5) is 27.9. The standard InChI is InChI=1S/C19H26N4O4/c1-22(2)15(17-7-6-10-27-17)12-20-19(25)21-14-11-13(18(24)23(3)4)8-9-16(14)26-5/h6-11,15H,12H2,1-5H3,(H2,20,21,25). The number of urea groups is 1. The van der Waals surface area contributed by atoms with Crippen molar-refractivity contribution in [3.63, 3.8) is 0 Å². The third kappa shape index (κ3) is 5.24. The Morgan fingerprint density at radius 3 is 2.48 bits per heavy atom. The maximum atomic E-state index is 12.4. The zero-order valence-corrected chi connectivity index (χ0v) is 16.3. The van der Waals surface area contributed by atoms with Crippen LogP contribution in [0.4, 0.5) is 10.5 Å². The van der Waals surface area contributed by atoms with Crippen molar-refractivity contribution < 1.29 is 18.7 Å². The highest BCUT2D eigenvalue weighted by Gasteiger charge is 2.19. The molecule has 0 saturated heterocycles. The van der Waals surface area contributed by atoms with E-state index in [0.29, 0.717) is 23.5 Å². The van der Waals surface area contributed by atoms with Crippen LogP contribution in [0, 0.1) is 0 Å². The summed E-state index contributed by atoms with van der Waals surface area (Å²) >= 11 is 0. The van der Waals surface area contributed by atoms with Crippen LogP contribution in [0.15, 0.2) is 41.0 Å². The van der Waals surface area contributed by atoms with E-state index in [9.17, 15) is 9.59 Å². The van der Waals surface area contributed by atoms with Crippen molar-refractivity contribution in [2.75, 3.05) is 47.2 Å². The van der Waals surface area contributed by atoms with Crippen LogP contribution in [-0.4, -0.2) is 63.6 Å². The average Bonchev–Trinajstić information content (AvgIpc) is 3.15. The fraction of sp³-hybridized carbons (Fsp3) is 0.368. The second kappa shape index (κ2) is 9.09. The molecule has 0 aliphatic rings. The van der Waals surface area contributed by atoms with Gasteiger partial charge in [0.05, 0.1) is 25.1 Å². The van der Waals surface area contributed by atoms with Gasteiger partial charge < -0.3 is 24.7 Å². The molecule has 0 radical (unpaired) electrons. The highest BCUT2D eigenvalue weighted by atomic mass is 16.5. The second-order valence-corrected chi connectivity index (χ2v) is 6.44. The van der Waals surface area contributed by atoms with Crippen LogP contribution < -0.4 is 15.4 Å². The molecular weight excluding hydrogens is 348 g/mol. The van der Waals surface area contributed by atoms with E-state index >= 15 is 0 Å². The van der Waals surface area contributed by atoms with Gasteiger partial charge in [0.1, 0.15) is 11.5 Å². The summed E-state index contributed by atoms with van der Waals surface area (Å²) in [6, 6.07) is 8.07. The van der Waals surface area contributed by atoms with Crippen molar-refractivity contribution in [1.82, 2.24) is 15.1 Å². The number of hydrogen-bond donors (Lipinski definition) is 2. The van der Waals surface area contributed by atoms with Crippen LogP contribution in [0.25, 0.3) is 0 Å². The summed E-state index contributed by atoms with van der Waals surface area (Å²) in [6.45, 7) is 0.352. The lowest BCUT2D eigenvalue weighted by atomic mass is 10.1. The Morgan fingerprint density at radius 1 is 1.19 bits per heavy atom. The van der Waals surface area contributed by atoms with E-state index in [4.69, 9.17) is 9.15 Å². The number of furan rings is 1. The molecule has 0 fully saturated rings. The molecule has 1 heterocycles. The molecule has 2 N–H and O–H groups in total. The lowest BCUT2D eigenvalue weighted by Crippen LogP contribution is -2.36. The van der Waals surface area contributed by atoms with Crippen molar-refractivity contribution in [2.24, 2.45) is 0 Å². The van der Waals surface area contributed by atoms with Gasteiger partial charge in [0.2, 0.25) is 0 Å². The first-order valence-corrected chi connectivity index (χ1v) is 8.47. The fourth-order valence-corrected chi connectivity index (χ4v) is 2.57. The van der Waals surface area contributed by atoms with Gasteiger partial charge in [-0.1, -0.05) is 0 Å². The van der Waals surface area contributed by atoms with Crippen molar-refractivity contribution in [3.8, 4) is 5.75 Å². The molecule has 0 bridgehead atoms. The Kier molecular flexibility index (Phi) is 6.84. The summed E-state index contributed by atoms with van der Waals surface area (Å²) in [6.07, 6.45) is 1.60. The van der Waals surface area contributed by atoms with E-state index < -0.39 is 6.03 Å². The maximum Gasteiger partial charge on any atom is 0.319 e. The van der Waals surface area contributed by atoms with Gasteiger partial charge in [-0.3, -0.25) is 9.69 Å². The normalized spacial score (nSPS) is 11.8. The largest absolute Gasteiger partial charge is 0.495 e. The molecule has 1 aromatic carbocycles. The zero-order valence-electron chi connectivity index (χ0n) is 16.3. The minimum atomic E-state index is -0.402. The Bertz CT molecular complexity index is 772. The smallest absolute Gasteiger partial charge is 0.319 e. The van der Waals surface area contributed by atoms with Crippen molar-refractivity contribution in [1.29, 1.82) is 0 Å². The van der Waals surface area contributed by atoms with Gasteiger partial charge in [-0.15, -0.1) is 0 Å². The summed E-state index contributed by atoms with van der Waals surface area (Å²) in [5.74, 6) is 1.07. The molecule has 1 unspecified atom stereocenters. The molecule has 1 aromatic heterocycles. The number of carbonyl (C=O) groups is 2. The highest BCUT2D eigenvalue weighted by molar-refractivity contribution is 5.97. The summed E-state index contributed by atoms with van der Waals surface area (Å²) in [7, 11) is 8.66. The molecule has 2 aromatic rings. The molecule has 8 heteroatoms. The summed E-state index contributed by atoms with van der Waals surface area (Å²) < 4.78 is 10.7. The van der Waals surface area contributed by atoms with E-state index in [2.05, 4.69) is 10.6 Å². The van der Waals surface area contributed by atoms with E-state index in [-0.39, 0.29) is 11.9 Å². The molecule has 8 nitrogen and oxygen atoms in total. The number of likely N-dealkylation sites (N-methyl/N-ethyl adjacent to an activating group) is 1. The number of carbonyl (C=O) groups excluding carboxylic acids is 2. The lowest BCUT2D eigenvalue weighted by molar-refractivity contribution is 0.0827. The number of nitrogens with one attached hydrogen (secondary N) is 2. The topological polar surface area (TPSA) is 87.0 Å². The number of amides is 3. The minimum Gasteiger partial charge on any atom is -0.495 e. The van der Waals surface area contributed by atoms with Crippen LogP contribution in [0.5, 0.6) is 5.75 Å². The molecule has 0 aliphatic heterocycles. The first-order valence-electron chi connectivity index (χ1n) is 8.47. The van der Waals surface area contributed by atoms with E-state index in [1.165, 1.54) is 12.0 Å². The number of hydrogen-bond acceptors (Lipinski definition) is 5. The van der Waals surface area contributed by atoms with Crippen molar-refractivity contribution >= 4 is 17.6 Å². The maximum absolute atomic E-state index is 12.4. The first kappa shape index (κ1) is 20.3. The number of methoxy groups -OCH3 is 1. The predicted molar refractivity (Wildman–Crippen MR) is 103 cm³/mol. The highest BCUT2D eigenvalue weighted by Crippen LogP contribution is 2.26. The monoisotopic (exact) mass is 374 g/mol. The van der Waals surface area contributed by atoms with Gasteiger partial charge in [-0.25, -0.2) is 4.79 Å². The third-order valence-electron chi connectivity index (χ3n) is 4.05. The van der Waals surface area contributed by atoms with Crippen LogP contribution in [-0.2, 0) is 0 Å². The van der Waals surface area contributed by atoms with Gasteiger partial charge >= 0.3 is 6.03 Å². The number of nitrogens with zero attached hydrogens (tertiary/aromatic N) is 2. The van der Waals surface area contributed by atoms with Crippen LogP contribution in [0.3, 0.4) is 0 Å². The summed E-state index contributed by atoms with van der Waals surface area (Å²) in [5.41, 5.74) is 0.875. The van der Waals surface area contributed by atoms with Crippen molar-refractivity contribution in [2.45, 2.75) is 6.04 Å². The number of ether oxygens (including phenoxy) is 1. The zero-order chi connectivity index (χ0) is 20.0. The van der Waals surface area contributed by atoms with Gasteiger partial charge in [0.25, 0.3) is 5.91 Å². The third-order valence-corrected chi connectivity index (χ3v) is 4.05. The lowest BCUT2D eigenvalue weighted by Gasteiger charge is -2.22. The number of benzene rings is 1. The van der Waals surface area contributed by atoms with E-state index in [1.807, 2.05) is 31.1 Å². The first-order chi connectivity index (χ1) is 12.8. The fourth-order valence-electron chi connectivity index (χ4n) is 2.57. The van der Waals surface area contributed by atoms with Gasteiger partial charge in [-0.05, 0) is 44.4 Å². The van der Waals surface area contributed by atoms with Gasteiger partial charge in [0, 0.05) is 26.2 Å². The number of rotatable bonds is 7. The molecule has 3 amide bonds. The molecule has 0 saturated carbocycles. The molecule has 0 spiro atoms. The number of anilines is 1. The van der Waals surface area contributed by atoms with Crippen molar-refractivity contribution in [3.05, 3.63) is 47.9 Å². The molecule has 2 rings (SSSR count). The van der Waals surface area contributed by atoms with Crippen LogP contribution >= 0.6 is 0 Å². The SMILES string of the molecule is COc1ccc(C(=O)N(C)C)cc1NC(=O)NCC(c1ccco1)N(C)C. The van der Waals surface area contributed by atoms with Gasteiger partial charge in [-0.2, -0.15) is 0 Å². The molecule has 146 valence electrons. The average molecular weight is 374 g/mol. The van der Waals surface area contributed by atoms with E-state index in [1.54, 1.807) is 38.6 Å². The summed E-state index contributed by atoms with van der Waals surface area (Å²) in [5, 5.41) is 5.56. The Hall–Kier alpha value is -3.00. The Morgan fingerprint density at radius 2 is 1.93 bits per heavy atom. The second-order valence-electron chi connectivity index (χ2n) is 6.44. The van der Waals surface area contributed by atoms with E-state index in [0.717, 1.165) is 5.76 Å².